The van der Waals surface area contributed by atoms with Gasteiger partial charge in [-0.05, 0) is 29.8 Å². The molecule has 0 radical (unpaired) electrons. The molecule has 6 nitrogen and oxygen atoms in total. The summed E-state index contributed by atoms with van der Waals surface area (Å²) in [4.78, 5) is 20.4. The molecule has 2 N–H and O–H groups in total. The van der Waals surface area contributed by atoms with Gasteiger partial charge in [-0.15, -0.1) is 0 Å². The maximum Gasteiger partial charge on any atom is 0.274 e. The zero-order valence-electron chi connectivity index (χ0n) is 13.3. The van der Waals surface area contributed by atoms with E-state index in [-0.39, 0.29) is 11.6 Å². The minimum atomic E-state index is -0.338. The fourth-order valence-corrected chi connectivity index (χ4v) is 2.19. The average molecular weight is 329 g/mol. The van der Waals surface area contributed by atoms with Gasteiger partial charge in [0.05, 0.1) is 11.6 Å². The number of nitrogens with zero attached hydrogens (tertiary/aromatic N) is 3. The summed E-state index contributed by atoms with van der Waals surface area (Å²) in [7, 11) is 0. The molecule has 2 aromatic carbocycles. The van der Waals surface area contributed by atoms with Crippen LogP contribution in [0.2, 0.25) is 0 Å². The molecule has 0 aliphatic carbocycles. The molecule has 122 valence electrons. The molecule has 0 aliphatic rings. The third-order valence-electron chi connectivity index (χ3n) is 3.49. The van der Waals surface area contributed by atoms with Crippen LogP contribution in [0.4, 0.5) is 11.5 Å². The summed E-state index contributed by atoms with van der Waals surface area (Å²) < 4.78 is 0. The molecular weight excluding hydrogens is 314 g/mol. The van der Waals surface area contributed by atoms with E-state index in [1.54, 1.807) is 30.3 Å². The Morgan fingerprint density at radius 2 is 1.80 bits per heavy atom. The molecule has 3 aromatic rings. The lowest BCUT2D eigenvalue weighted by Crippen LogP contribution is -2.14. The second-order valence-electron chi connectivity index (χ2n) is 5.27. The van der Waals surface area contributed by atoms with Crippen molar-refractivity contribution < 1.29 is 4.79 Å². The van der Waals surface area contributed by atoms with Crippen molar-refractivity contribution in [1.82, 2.24) is 9.97 Å². The van der Waals surface area contributed by atoms with E-state index in [4.69, 9.17) is 5.26 Å². The summed E-state index contributed by atoms with van der Waals surface area (Å²) in [6, 6.07) is 20.2. The highest BCUT2D eigenvalue weighted by Crippen LogP contribution is 2.12. The first kappa shape index (κ1) is 16.1. The van der Waals surface area contributed by atoms with Crippen molar-refractivity contribution in [3.8, 4) is 6.07 Å². The normalized spacial score (nSPS) is 9.88. The quantitative estimate of drug-likeness (QED) is 0.750. The molecule has 0 unspecified atom stereocenters. The Kier molecular flexibility index (Phi) is 4.98. The van der Waals surface area contributed by atoms with E-state index < -0.39 is 0 Å². The van der Waals surface area contributed by atoms with Gasteiger partial charge in [-0.3, -0.25) is 4.79 Å². The number of aromatic nitrogens is 2. The van der Waals surface area contributed by atoms with Crippen LogP contribution in [-0.4, -0.2) is 15.9 Å². The van der Waals surface area contributed by atoms with Crippen LogP contribution in [-0.2, 0) is 6.54 Å². The van der Waals surface area contributed by atoms with Gasteiger partial charge in [0.25, 0.3) is 5.91 Å². The van der Waals surface area contributed by atoms with Gasteiger partial charge in [-0.2, -0.15) is 5.26 Å². The van der Waals surface area contributed by atoms with E-state index >= 15 is 0 Å². The molecule has 6 heteroatoms. The molecule has 25 heavy (non-hydrogen) atoms. The van der Waals surface area contributed by atoms with Crippen LogP contribution in [0.5, 0.6) is 0 Å². The van der Waals surface area contributed by atoms with E-state index in [1.807, 2.05) is 36.4 Å². The SMILES string of the molecule is N#Cc1ccc(NC(=O)c2cc(NCc3ccccc3)ncn2)cc1. The predicted molar refractivity (Wildman–Crippen MR) is 94.9 cm³/mol. The summed E-state index contributed by atoms with van der Waals surface area (Å²) in [6.45, 7) is 0.606. The Morgan fingerprint density at radius 3 is 2.52 bits per heavy atom. The number of carbonyl (C=O) groups excluding carboxylic acids is 1. The van der Waals surface area contributed by atoms with E-state index in [9.17, 15) is 4.79 Å². The molecule has 0 saturated heterocycles. The van der Waals surface area contributed by atoms with Gasteiger partial charge in [0, 0.05) is 18.3 Å². The molecule has 0 bridgehead atoms. The number of rotatable bonds is 5. The first-order valence-corrected chi connectivity index (χ1v) is 7.66. The molecule has 0 aliphatic heterocycles. The van der Waals surface area contributed by atoms with E-state index in [1.165, 1.54) is 6.33 Å². The average Bonchev–Trinajstić information content (AvgIpc) is 2.68. The Morgan fingerprint density at radius 1 is 1.04 bits per heavy atom. The molecule has 1 amide bonds. The molecule has 0 atom stereocenters. The minimum Gasteiger partial charge on any atom is -0.366 e. The monoisotopic (exact) mass is 329 g/mol. The van der Waals surface area contributed by atoms with E-state index in [2.05, 4.69) is 20.6 Å². The Hall–Kier alpha value is -3.72. The Bertz CT molecular complexity index is 901. The third kappa shape index (κ3) is 4.39. The highest BCUT2D eigenvalue weighted by molar-refractivity contribution is 6.03. The van der Waals surface area contributed by atoms with Gasteiger partial charge in [0.15, 0.2) is 0 Å². The van der Waals surface area contributed by atoms with Crippen LogP contribution in [0.25, 0.3) is 0 Å². The number of anilines is 2. The van der Waals surface area contributed by atoms with E-state index in [0.717, 1.165) is 5.56 Å². The fourth-order valence-electron chi connectivity index (χ4n) is 2.19. The second-order valence-corrected chi connectivity index (χ2v) is 5.27. The zero-order chi connectivity index (χ0) is 17.5. The van der Waals surface area contributed by atoms with E-state index in [0.29, 0.717) is 23.6 Å². The zero-order valence-corrected chi connectivity index (χ0v) is 13.3. The van der Waals surface area contributed by atoms with Crippen LogP contribution < -0.4 is 10.6 Å². The first-order valence-electron chi connectivity index (χ1n) is 7.66. The largest absolute Gasteiger partial charge is 0.366 e. The third-order valence-corrected chi connectivity index (χ3v) is 3.49. The van der Waals surface area contributed by atoms with Gasteiger partial charge < -0.3 is 10.6 Å². The molecule has 1 aromatic heterocycles. The highest BCUT2D eigenvalue weighted by atomic mass is 16.1. The molecular formula is C19H15N5O. The van der Waals surface area contributed by atoms with Crippen molar-refractivity contribution >= 4 is 17.4 Å². The Labute approximate surface area is 145 Å². The number of carbonyl (C=O) groups is 1. The van der Waals surface area contributed by atoms with Gasteiger partial charge in [-0.25, -0.2) is 9.97 Å². The van der Waals surface area contributed by atoms with Crippen LogP contribution in [0.15, 0.2) is 67.0 Å². The van der Waals surface area contributed by atoms with Crippen molar-refractivity contribution in [2.24, 2.45) is 0 Å². The van der Waals surface area contributed by atoms with Gasteiger partial charge in [-0.1, -0.05) is 30.3 Å². The molecule has 3 rings (SSSR count). The Balaban J connectivity index is 1.65. The maximum atomic E-state index is 12.3. The van der Waals surface area contributed by atoms with Crippen molar-refractivity contribution in [1.29, 1.82) is 5.26 Å². The number of amides is 1. The van der Waals surface area contributed by atoms with Crippen LogP contribution in [0, 0.1) is 11.3 Å². The maximum absolute atomic E-state index is 12.3. The number of hydrogen-bond acceptors (Lipinski definition) is 5. The predicted octanol–water partition coefficient (Wildman–Crippen LogP) is 3.21. The molecule has 0 saturated carbocycles. The standard InChI is InChI=1S/C19H15N5O/c20-11-14-6-8-16(9-7-14)24-19(25)17-10-18(23-13-22-17)21-12-15-4-2-1-3-5-15/h1-10,13H,12H2,(H,24,25)(H,21,22,23). The minimum absolute atomic E-state index is 0.259. The van der Waals surface area contributed by atoms with Crippen LogP contribution >= 0.6 is 0 Å². The molecule has 1 heterocycles. The van der Waals surface area contributed by atoms with Crippen molar-refractivity contribution in [2.75, 3.05) is 10.6 Å². The molecule has 0 spiro atoms. The van der Waals surface area contributed by atoms with Gasteiger partial charge >= 0.3 is 0 Å². The lowest BCUT2D eigenvalue weighted by Gasteiger charge is -2.08. The second kappa shape index (κ2) is 7.70. The first-order chi connectivity index (χ1) is 12.2. The van der Waals surface area contributed by atoms with Crippen molar-refractivity contribution in [3.05, 3.63) is 83.8 Å². The topological polar surface area (TPSA) is 90.7 Å². The number of hydrogen-bond donors (Lipinski definition) is 2. The van der Waals surface area contributed by atoms with Crippen LogP contribution in [0.1, 0.15) is 21.6 Å². The smallest absolute Gasteiger partial charge is 0.274 e. The fraction of sp³-hybridized carbons (Fsp3) is 0.0526. The van der Waals surface area contributed by atoms with Crippen molar-refractivity contribution in [3.63, 3.8) is 0 Å². The highest BCUT2D eigenvalue weighted by Gasteiger charge is 2.09. The summed E-state index contributed by atoms with van der Waals surface area (Å²) in [5.41, 5.74) is 2.51. The number of nitrogens with one attached hydrogen (secondary N) is 2. The van der Waals surface area contributed by atoms with Crippen molar-refractivity contribution in [2.45, 2.75) is 6.54 Å². The summed E-state index contributed by atoms with van der Waals surface area (Å²) in [6.07, 6.45) is 1.35. The van der Waals surface area contributed by atoms with Crippen LogP contribution in [0.3, 0.4) is 0 Å². The molecule has 0 fully saturated rings. The van der Waals surface area contributed by atoms with Gasteiger partial charge in [0.2, 0.25) is 0 Å². The number of benzene rings is 2. The summed E-state index contributed by atoms with van der Waals surface area (Å²) >= 11 is 0. The lowest BCUT2D eigenvalue weighted by atomic mass is 10.2. The summed E-state index contributed by atoms with van der Waals surface area (Å²) in [5.74, 6) is 0.235. The summed E-state index contributed by atoms with van der Waals surface area (Å²) in [5, 5.41) is 14.7. The number of nitriles is 1. The van der Waals surface area contributed by atoms with Gasteiger partial charge in [0.1, 0.15) is 17.8 Å². The lowest BCUT2D eigenvalue weighted by molar-refractivity contribution is 0.102.